The van der Waals surface area contributed by atoms with Crippen LogP contribution in [0.15, 0.2) is 0 Å². The molecule has 21 heavy (non-hydrogen) atoms. The molecule has 118 valence electrons. The molecular formula is C12H16F3N3O2S. The van der Waals surface area contributed by atoms with Crippen LogP contribution in [-0.2, 0) is 10.2 Å². The third-order valence-electron chi connectivity index (χ3n) is 3.58. The Bertz CT molecular complexity index is 553. The van der Waals surface area contributed by atoms with Crippen LogP contribution in [-0.4, -0.2) is 39.7 Å². The quantitative estimate of drug-likeness (QED) is 0.906. The topological polar surface area (TPSA) is 66.3 Å². The minimum Gasteiger partial charge on any atom is -0.481 e. The molecule has 1 fully saturated rings. The number of nitrogens with zero attached hydrogens (tertiary/aromatic N) is 3. The molecule has 0 spiro atoms. The summed E-state index contributed by atoms with van der Waals surface area (Å²) < 4.78 is 43.5. The van der Waals surface area contributed by atoms with E-state index in [0.717, 1.165) is 11.5 Å². The van der Waals surface area contributed by atoms with Crippen molar-refractivity contribution in [2.45, 2.75) is 38.8 Å². The van der Waals surface area contributed by atoms with Crippen LogP contribution >= 0.6 is 11.5 Å². The SMILES string of the molecule is CC(C)(C)c1nsc(N2CCC(C(=O)O)(C(F)(F)F)C2)n1. The second kappa shape index (κ2) is 4.82. The monoisotopic (exact) mass is 323 g/mol. The predicted octanol–water partition coefficient (Wildman–Crippen LogP) is 2.68. The van der Waals surface area contributed by atoms with E-state index in [-0.39, 0.29) is 12.0 Å². The number of aliphatic carboxylic acids is 1. The highest BCUT2D eigenvalue weighted by molar-refractivity contribution is 7.09. The second-order valence-corrected chi connectivity index (χ2v) is 6.94. The maximum atomic E-state index is 13.1. The van der Waals surface area contributed by atoms with Crippen molar-refractivity contribution >= 4 is 22.6 Å². The highest BCUT2D eigenvalue weighted by Crippen LogP contribution is 2.47. The van der Waals surface area contributed by atoms with Crippen LogP contribution in [0.1, 0.15) is 33.0 Å². The van der Waals surface area contributed by atoms with Gasteiger partial charge in [-0.1, -0.05) is 20.8 Å². The van der Waals surface area contributed by atoms with Gasteiger partial charge in [0.15, 0.2) is 5.41 Å². The summed E-state index contributed by atoms with van der Waals surface area (Å²) >= 11 is 1.00. The first-order chi connectivity index (χ1) is 9.47. The van der Waals surface area contributed by atoms with Gasteiger partial charge in [0.25, 0.3) is 0 Å². The number of anilines is 1. The molecule has 0 amide bonds. The van der Waals surface area contributed by atoms with Gasteiger partial charge in [0.1, 0.15) is 5.82 Å². The largest absolute Gasteiger partial charge is 0.481 e. The van der Waals surface area contributed by atoms with Crippen LogP contribution in [0.25, 0.3) is 0 Å². The van der Waals surface area contributed by atoms with E-state index in [9.17, 15) is 18.0 Å². The molecule has 1 aromatic heterocycles. The van der Waals surface area contributed by atoms with Gasteiger partial charge in [0.05, 0.1) is 0 Å². The van der Waals surface area contributed by atoms with Crippen LogP contribution in [0.5, 0.6) is 0 Å². The lowest BCUT2D eigenvalue weighted by Crippen LogP contribution is -2.47. The van der Waals surface area contributed by atoms with Crippen LogP contribution in [0.4, 0.5) is 18.3 Å². The van der Waals surface area contributed by atoms with E-state index in [1.54, 1.807) is 0 Å². The van der Waals surface area contributed by atoms with Crippen molar-refractivity contribution in [2.24, 2.45) is 5.41 Å². The molecule has 0 saturated carbocycles. The van der Waals surface area contributed by atoms with Gasteiger partial charge < -0.3 is 10.0 Å². The van der Waals surface area contributed by atoms with Crippen molar-refractivity contribution in [1.82, 2.24) is 9.36 Å². The first kappa shape index (κ1) is 16.0. The summed E-state index contributed by atoms with van der Waals surface area (Å²) in [6, 6.07) is 0. The van der Waals surface area contributed by atoms with Crippen molar-refractivity contribution < 1.29 is 23.1 Å². The van der Waals surface area contributed by atoms with Crippen molar-refractivity contribution in [3.63, 3.8) is 0 Å². The lowest BCUT2D eigenvalue weighted by molar-refractivity contribution is -0.225. The molecule has 9 heteroatoms. The Labute approximate surface area is 124 Å². The summed E-state index contributed by atoms with van der Waals surface area (Å²) in [5.74, 6) is -1.29. The normalized spacial score (nSPS) is 23.6. The summed E-state index contributed by atoms with van der Waals surface area (Å²) in [5, 5.41) is 9.36. The van der Waals surface area contributed by atoms with Crippen LogP contribution in [0.2, 0.25) is 0 Å². The Morgan fingerprint density at radius 1 is 1.38 bits per heavy atom. The molecule has 1 atom stereocenters. The molecule has 1 unspecified atom stereocenters. The molecule has 1 saturated heterocycles. The number of carbonyl (C=O) groups is 1. The maximum absolute atomic E-state index is 13.1. The molecule has 1 aromatic rings. The zero-order valence-corrected chi connectivity index (χ0v) is 12.7. The Balaban J connectivity index is 2.26. The number of aromatic nitrogens is 2. The van der Waals surface area contributed by atoms with Gasteiger partial charge in [0, 0.05) is 30.0 Å². The number of halogens is 3. The van der Waals surface area contributed by atoms with E-state index in [4.69, 9.17) is 5.11 Å². The Morgan fingerprint density at radius 3 is 2.38 bits per heavy atom. The fourth-order valence-electron chi connectivity index (χ4n) is 2.15. The fourth-order valence-corrected chi connectivity index (χ4v) is 3.03. The van der Waals surface area contributed by atoms with E-state index in [1.165, 1.54) is 4.90 Å². The van der Waals surface area contributed by atoms with Gasteiger partial charge in [-0.3, -0.25) is 4.79 Å². The van der Waals surface area contributed by atoms with Gasteiger partial charge in [-0.15, -0.1) is 0 Å². The van der Waals surface area contributed by atoms with Crippen molar-refractivity contribution in [1.29, 1.82) is 0 Å². The van der Waals surface area contributed by atoms with Gasteiger partial charge in [-0.25, -0.2) is 4.98 Å². The molecule has 0 bridgehead atoms. The molecule has 2 rings (SSSR count). The van der Waals surface area contributed by atoms with E-state index in [0.29, 0.717) is 11.0 Å². The van der Waals surface area contributed by atoms with Crippen LogP contribution in [0.3, 0.4) is 0 Å². The molecule has 5 nitrogen and oxygen atoms in total. The molecule has 0 radical (unpaired) electrons. The number of hydrogen-bond acceptors (Lipinski definition) is 5. The average molecular weight is 323 g/mol. The highest BCUT2D eigenvalue weighted by atomic mass is 32.1. The molecule has 0 aromatic carbocycles. The molecule has 1 N–H and O–H groups in total. The standard InChI is InChI=1S/C12H16F3N3O2S/c1-10(2,3)7-16-9(21-17-7)18-5-4-11(6-18,8(19)20)12(13,14)15/h4-6H2,1-3H3,(H,19,20). The number of rotatable bonds is 2. The maximum Gasteiger partial charge on any atom is 0.406 e. The fraction of sp³-hybridized carbons (Fsp3) is 0.750. The smallest absolute Gasteiger partial charge is 0.406 e. The Hall–Kier alpha value is -1.38. The summed E-state index contributed by atoms with van der Waals surface area (Å²) in [6.07, 6.45) is -5.26. The highest BCUT2D eigenvalue weighted by Gasteiger charge is 2.64. The molecule has 0 aliphatic carbocycles. The van der Waals surface area contributed by atoms with Gasteiger partial charge >= 0.3 is 12.1 Å². The second-order valence-electron chi connectivity index (χ2n) is 6.21. The van der Waals surface area contributed by atoms with Crippen molar-refractivity contribution in [3.8, 4) is 0 Å². The molecular weight excluding hydrogens is 307 g/mol. The zero-order chi connectivity index (χ0) is 16.1. The summed E-state index contributed by atoms with van der Waals surface area (Å²) in [7, 11) is 0. The van der Waals surface area contributed by atoms with E-state index < -0.39 is 30.5 Å². The van der Waals surface area contributed by atoms with E-state index in [1.807, 2.05) is 20.8 Å². The minimum atomic E-state index is -4.79. The third-order valence-corrected chi connectivity index (χ3v) is 4.35. The van der Waals surface area contributed by atoms with Crippen molar-refractivity contribution in [2.75, 3.05) is 18.0 Å². The molecule has 2 heterocycles. The first-order valence-corrected chi connectivity index (χ1v) is 7.14. The number of carboxylic acids is 1. The lowest BCUT2D eigenvalue weighted by Gasteiger charge is -2.26. The molecule has 1 aliphatic rings. The van der Waals surface area contributed by atoms with Crippen LogP contribution < -0.4 is 4.90 Å². The summed E-state index contributed by atoms with van der Waals surface area (Å²) in [6.45, 7) is 5.09. The third kappa shape index (κ3) is 2.70. The Morgan fingerprint density at radius 2 is 2.00 bits per heavy atom. The number of carboxylic acid groups (broad SMARTS) is 1. The zero-order valence-electron chi connectivity index (χ0n) is 11.9. The molecule has 1 aliphatic heterocycles. The van der Waals surface area contributed by atoms with Gasteiger partial charge in [-0.05, 0) is 6.42 Å². The van der Waals surface area contributed by atoms with Crippen molar-refractivity contribution in [3.05, 3.63) is 5.82 Å². The van der Waals surface area contributed by atoms with E-state index >= 15 is 0 Å². The number of alkyl halides is 3. The van der Waals surface area contributed by atoms with E-state index in [2.05, 4.69) is 9.36 Å². The van der Waals surface area contributed by atoms with Gasteiger partial charge in [-0.2, -0.15) is 17.5 Å². The van der Waals surface area contributed by atoms with Crippen LogP contribution in [0, 0.1) is 5.41 Å². The average Bonchev–Trinajstić information content (AvgIpc) is 2.94. The Kier molecular flexibility index (Phi) is 3.67. The van der Waals surface area contributed by atoms with Gasteiger partial charge in [0.2, 0.25) is 5.13 Å². The summed E-state index contributed by atoms with van der Waals surface area (Å²) in [4.78, 5) is 16.7. The minimum absolute atomic E-state index is 0.00455. The summed E-state index contributed by atoms with van der Waals surface area (Å²) in [5.41, 5.74) is -3.02. The lowest BCUT2D eigenvalue weighted by atomic mass is 9.86. The predicted molar refractivity (Wildman–Crippen MR) is 71.6 cm³/mol. The first-order valence-electron chi connectivity index (χ1n) is 6.37. The number of hydrogen-bond donors (Lipinski definition) is 1.